The number of hydrogen-bond donors (Lipinski definition) is 0. The maximum absolute atomic E-state index is 12.7. The first-order valence-corrected chi connectivity index (χ1v) is 9.23. The summed E-state index contributed by atoms with van der Waals surface area (Å²) in [7, 11) is 0. The van der Waals surface area contributed by atoms with E-state index in [4.69, 9.17) is 32.7 Å². The van der Waals surface area contributed by atoms with Gasteiger partial charge in [0, 0.05) is 38.2 Å². The lowest BCUT2D eigenvalue weighted by molar-refractivity contribution is -0.135. The van der Waals surface area contributed by atoms with Crippen molar-refractivity contribution in [2.75, 3.05) is 19.8 Å². The molecule has 1 aromatic heterocycles. The average molecular weight is 395 g/mol. The number of amides is 1. The summed E-state index contributed by atoms with van der Waals surface area (Å²) < 4.78 is 11.3. The summed E-state index contributed by atoms with van der Waals surface area (Å²) >= 11 is 11.9. The second-order valence-electron chi connectivity index (χ2n) is 6.14. The standard InChI is InChI=1S/C19H20Cl2N2O3/c20-17-6-5-15(9-18(17)21)26-13-19(24)23(12-16-4-2-8-25-16)11-14-3-1-7-22-10-14/h1,3,5-7,9-10,16H,2,4,8,11-13H2. The highest BCUT2D eigenvalue weighted by Gasteiger charge is 2.23. The van der Waals surface area contributed by atoms with Crippen LogP contribution in [0.3, 0.4) is 0 Å². The zero-order valence-electron chi connectivity index (χ0n) is 14.2. The van der Waals surface area contributed by atoms with Crippen molar-refractivity contribution >= 4 is 29.1 Å². The van der Waals surface area contributed by atoms with Crippen molar-refractivity contribution in [3.63, 3.8) is 0 Å². The number of carbonyl (C=O) groups excluding carboxylic acids is 1. The maximum Gasteiger partial charge on any atom is 0.260 e. The van der Waals surface area contributed by atoms with Gasteiger partial charge in [-0.1, -0.05) is 29.3 Å². The van der Waals surface area contributed by atoms with Crippen LogP contribution < -0.4 is 4.74 Å². The van der Waals surface area contributed by atoms with E-state index in [1.165, 1.54) is 0 Å². The van der Waals surface area contributed by atoms with Gasteiger partial charge in [0.15, 0.2) is 6.61 Å². The van der Waals surface area contributed by atoms with Gasteiger partial charge in [0.1, 0.15) is 5.75 Å². The molecule has 0 bridgehead atoms. The molecule has 0 saturated carbocycles. The molecule has 3 rings (SSSR count). The smallest absolute Gasteiger partial charge is 0.260 e. The summed E-state index contributed by atoms with van der Waals surface area (Å²) in [6, 6.07) is 8.73. The van der Waals surface area contributed by atoms with Crippen LogP contribution in [-0.2, 0) is 16.1 Å². The van der Waals surface area contributed by atoms with Crippen LogP contribution in [0.25, 0.3) is 0 Å². The highest BCUT2D eigenvalue weighted by molar-refractivity contribution is 6.42. The second kappa shape index (κ2) is 9.21. The van der Waals surface area contributed by atoms with E-state index in [1.807, 2.05) is 12.1 Å². The van der Waals surface area contributed by atoms with Gasteiger partial charge in [-0.15, -0.1) is 0 Å². The third-order valence-corrected chi connectivity index (χ3v) is 4.89. The molecular formula is C19H20Cl2N2O3. The van der Waals surface area contributed by atoms with E-state index in [0.717, 1.165) is 25.0 Å². The lowest BCUT2D eigenvalue weighted by Crippen LogP contribution is -2.39. The Bertz CT molecular complexity index is 737. The zero-order chi connectivity index (χ0) is 18.4. The summed E-state index contributed by atoms with van der Waals surface area (Å²) in [5.74, 6) is 0.390. The van der Waals surface area contributed by atoms with Crippen molar-refractivity contribution in [1.82, 2.24) is 9.88 Å². The van der Waals surface area contributed by atoms with Gasteiger partial charge in [0.2, 0.25) is 0 Å². The van der Waals surface area contributed by atoms with Crippen LogP contribution in [0.15, 0.2) is 42.7 Å². The average Bonchev–Trinajstić information content (AvgIpc) is 3.16. The summed E-state index contributed by atoms with van der Waals surface area (Å²) in [6.07, 6.45) is 5.53. The predicted molar refractivity (Wildman–Crippen MR) is 101 cm³/mol. The first-order chi connectivity index (χ1) is 12.6. The van der Waals surface area contributed by atoms with Crippen molar-refractivity contribution in [1.29, 1.82) is 0 Å². The van der Waals surface area contributed by atoms with E-state index in [1.54, 1.807) is 35.5 Å². The molecule has 0 aliphatic carbocycles. The lowest BCUT2D eigenvalue weighted by Gasteiger charge is -2.25. The normalized spacial score (nSPS) is 16.5. The molecule has 1 saturated heterocycles. The molecule has 0 radical (unpaired) electrons. The molecule has 5 nitrogen and oxygen atoms in total. The molecule has 2 heterocycles. The molecule has 0 N–H and O–H groups in total. The SMILES string of the molecule is O=C(COc1ccc(Cl)c(Cl)c1)N(Cc1cccnc1)CC1CCCO1. The molecule has 1 aliphatic rings. The van der Waals surface area contributed by atoms with E-state index in [9.17, 15) is 4.79 Å². The van der Waals surface area contributed by atoms with Crippen LogP contribution in [0.5, 0.6) is 5.75 Å². The third kappa shape index (κ3) is 5.34. The Balaban J connectivity index is 1.63. The van der Waals surface area contributed by atoms with Gasteiger partial charge in [-0.3, -0.25) is 9.78 Å². The van der Waals surface area contributed by atoms with E-state index in [-0.39, 0.29) is 18.6 Å². The molecule has 138 valence electrons. The van der Waals surface area contributed by atoms with Crippen LogP contribution in [-0.4, -0.2) is 41.7 Å². The molecule has 7 heteroatoms. The van der Waals surface area contributed by atoms with Gasteiger partial charge in [-0.05, 0) is 36.6 Å². The molecule has 1 atom stereocenters. The zero-order valence-corrected chi connectivity index (χ0v) is 15.7. The van der Waals surface area contributed by atoms with Crippen molar-refractivity contribution in [3.05, 3.63) is 58.3 Å². The molecule has 26 heavy (non-hydrogen) atoms. The Hall–Kier alpha value is -1.82. The van der Waals surface area contributed by atoms with Gasteiger partial charge in [0.25, 0.3) is 5.91 Å². The monoisotopic (exact) mass is 394 g/mol. The molecule has 1 aliphatic heterocycles. The molecular weight excluding hydrogens is 375 g/mol. The first-order valence-electron chi connectivity index (χ1n) is 8.48. The number of aromatic nitrogens is 1. The van der Waals surface area contributed by atoms with Gasteiger partial charge in [-0.2, -0.15) is 0 Å². The Labute approximate surface area is 162 Å². The topological polar surface area (TPSA) is 51.7 Å². The van der Waals surface area contributed by atoms with Crippen LogP contribution in [0.1, 0.15) is 18.4 Å². The maximum atomic E-state index is 12.7. The molecule has 1 unspecified atom stereocenters. The fourth-order valence-electron chi connectivity index (χ4n) is 2.80. The number of nitrogens with zero attached hydrogens (tertiary/aromatic N) is 2. The summed E-state index contributed by atoms with van der Waals surface area (Å²) in [5.41, 5.74) is 0.966. The highest BCUT2D eigenvalue weighted by atomic mass is 35.5. The predicted octanol–water partition coefficient (Wildman–Crippen LogP) is 3.98. The first kappa shape index (κ1) is 19.0. The van der Waals surface area contributed by atoms with E-state index < -0.39 is 0 Å². The quantitative estimate of drug-likeness (QED) is 0.712. The van der Waals surface area contributed by atoms with Crippen molar-refractivity contribution in [2.24, 2.45) is 0 Å². The number of halogens is 2. The number of pyridine rings is 1. The molecule has 0 spiro atoms. The minimum Gasteiger partial charge on any atom is -0.484 e. The second-order valence-corrected chi connectivity index (χ2v) is 6.95. The van der Waals surface area contributed by atoms with Crippen molar-refractivity contribution in [3.8, 4) is 5.75 Å². The number of hydrogen-bond acceptors (Lipinski definition) is 4. The Morgan fingerprint density at radius 1 is 1.31 bits per heavy atom. The fourth-order valence-corrected chi connectivity index (χ4v) is 3.09. The van der Waals surface area contributed by atoms with E-state index in [0.29, 0.717) is 28.9 Å². The molecule has 2 aromatic rings. The third-order valence-electron chi connectivity index (χ3n) is 4.15. The molecule has 1 fully saturated rings. The Morgan fingerprint density at radius 3 is 2.88 bits per heavy atom. The number of ether oxygens (including phenoxy) is 2. The number of carbonyl (C=O) groups is 1. The van der Waals surface area contributed by atoms with Gasteiger partial charge >= 0.3 is 0 Å². The van der Waals surface area contributed by atoms with Crippen LogP contribution in [0, 0.1) is 0 Å². The van der Waals surface area contributed by atoms with Gasteiger partial charge in [0.05, 0.1) is 16.1 Å². The van der Waals surface area contributed by atoms with Crippen LogP contribution in [0.4, 0.5) is 0 Å². The summed E-state index contributed by atoms with van der Waals surface area (Å²) in [6.45, 7) is 1.68. The number of benzene rings is 1. The minimum absolute atomic E-state index is 0.0700. The van der Waals surface area contributed by atoms with Crippen molar-refractivity contribution < 1.29 is 14.3 Å². The van der Waals surface area contributed by atoms with E-state index in [2.05, 4.69) is 4.98 Å². The molecule has 1 amide bonds. The fraction of sp³-hybridized carbons (Fsp3) is 0.368. The minimum atomic E-state index is -0.115. The highest BCUT2D eigenvalue weighted by Crippen LogP contribution is 2.26. The number of rotatable bonds is 7. The van der Waals surface area contributed by atoms with Gasteiger partial charge < -0.3 is 14.4 Å². The molecule has 1 aromatic carbocycles. The Morgan fingerprint density at radius 2 is 2.19 bits per heavy atom. The van der Waals surface area contributed by atoms with Crippen LogP contribution >= 0.6 is 23.2 Å². The van der Waals surface area contributed by atoms with Crippen molar-refractivity contribution in [2.45, 2.75) is 25.5 Å². The van der Waals surface area contributed by atoms with E-state index >= 15 is 0 Å². The van der Waals surface area contributed by atoms with Crippen LogP contribution in [0.2, 0.25) is 10.0 Å². The Kier molecular flexibility index (Phi) is 6.72. The lowest BCUT2D eigenvalue weighted by atomic mass is 10.2. The summed E-state index contributed by atoms with van der Waals surface area (Å²) in [5, 5.41) is 0.838. The largest absolute Gasteiger partial charge is 0.484 e. The summed E-state index contributed by atoms with van der Waals surface area (Å²) in [4.78, 5) is 18.6. The van der Waals surface area contributed by atoms with Gasteiger partial charge in [-0.25, -0.2) is 0 Å².